The first kappa shape index (κ1) is 10.8. The number of hydrogen-bond donors (Lipinski definition) is 0. The molecule has 13 heavy (non-hydrogen) atoms. The van der Waals surface area contributed by atoms with Gasteiger partial charge in [0.25, 0.3) is 0 Å². The molecule has 1 atom stereocenters. The summed E-state index contributed by atoms with van der Waals surface area (Å²) in [6.07, 6.45) is 0. The maximum atomic E-state index is 11.6. The van der Waals surface area contributed by atoms with Crippen molar-refractivity contribution in [3.63, 3.8) is 0 Å². The van der Waals surface area contributed by atoms with Gasteiger partial charge in [0.05, 0.1) is 0 Å². The van der Waals surface area contributed by atoms with Crippen LogP contribution in [0.4, 0.5) is 0 Å². The molecule has 0 N–H and O–H groups in total. The minimum atomic E-state index is -0.905. The minimum absolute atomic E-state index is 0.405. The Morgan fingerprint density at radius 2 is 1.77 bits per heavy atom. The maximum Gasteiger partial charge on any atom is 0.113 e. The smallest absolute Gasteiger partial charge is 0.113 e. The van der Waals surface area contributed by atoms with Crippen LogP contribution in [0.1, 0.15) is 19.4 Å². The molecule has 1 rings (SSSR count). The van der Waals surface area contributed by atoms with E-state index in [1.807, 2.05) is 31.2 Å². The molecule has 0 aliphatic rings. The van der Waals surface area contributed by atoms with Gasteiger partial charge in [-0.3, -0.25) is 0 Å². The van der Waals surface area contributed by atoms with Crippen LogP contribution in [-0.4, -0.2) is 9.46 Å². The monoisotopic (exact) mass is 214 g/mol. The summed E-state index contributed by atoms with van der Waals surface area (Å²) in [5, 5.41) is 0.405. The molecule has 3 heteroatoms. The van der Waals surface area contributed by atoms with E-state index in [0.29, 0.717) is 5.25 Å². The summed E-state index contributed by atoms with van der Waals surface area (Å²) >= 11 is 0. The van der Waals surface area contributed by atoms with Crippen LogP contribution in [0, 0.1) is 6.92 Å². The molecule has 0 radical (unpaired) electrons. The second-order valence-electron chi connectivity index (χ2n) is 3.19. The summed E-state index contributed by atoms with van der Waals surface area (Å²) in [4.78, 5) is 0.907. The molecule has 1 nitrogen and oxygen atoms in total. The van der Waals surface area contributed by atoms with Crippen molar-refractivity contribution in [2.45, 2.75) is 30.9 Å². The Morgan fingerprint density at radius 1 is 1.23 bits per heavy atom. The van der Waals surface area contributed by atoms with Crippen LogP contribution in [0.2, 0.25) is 0 Å². The van der Waals surface area contributed by atoms with E-state index in [9.17, 15) is 4.21 Å². The third kappa shape index (κ3) is 3.53. The molecule has 0 saturated heterocycles. The second-order valence-corrected chi connectivity index (χ2v) is 6.75. The quantitative estimate of drug-likeness (QED) is 0.719. The van der Waals surface area contributed by atoms with Crippen LogP contribution >= 0.6 is 10.8 Å². The fourth-order valence-corrected chi connectivity index (χ4v) is 3.41. The van der Waals surface area contributed by atoms with Crippen LogP contribution in [0.3, 0.4) is 0 Å². The van der Waals surface area contributed by atoms with Gasteiger partial charge in [-0.1, -0.05) is 42.3 Å². The van der Waals surface area contributed by atoms with Crippen LogP contribution in [0.25, 0.3) is 0 Å². The van der Waals surface area contributed by atoms with E-state index in [-0.39, 0.29) is 0 Å². The van der Waals surface area contributed by atoms with Crippen molar-refractivity contribution in [1.29, 1.82) is 0 Å². The van der Waals surface area contributed by atoms with Crippen LogP contribution in [-0.2, 0) is 9.83 Å². The van der Waals surface area contributed by atoms with Gasteiger partial charge in [0.15, 0.2) is 0 Å². The van der Waals surface area contributed by atoms with Crippen LogP contribution in [0.15, 0.2) is 29.2 Å². The van der Waals surface area contributed by atoms with Crippen molar-refractivity contribution in [3.05, 3.63) is 29.8 Å². The zero-order valence-electron chi connectivity index (χ0n) is 8.11. The first-order chi connectivity index (χ1) is 6.09. The van der Waals surface area contributed by atoms with Gasteiger partial charge in [0.1, 0.15) is 9.83 Å². The molecule has 0 spiro atoms. The maximum absolute atomic E-state index is 11.6. The molecule has 1 aromatic carbocycles. The lowest BCUT2D eigenvalue weighted by atomic mass is 10.2. The van der Waals surface area contributed by atoms with Gasteiger partial charge in [-0.15, -0.1) is 0 Å². The van der Waals surface area contributed by atoms with Crippen molar-refractivity contribution < 1.29 is 4.21 Å². The Bertz CT molecular complexity index is 290. The number of hydrogen-bond acceptors (Lipinski definition) is 2. The third-order valence-corrected chi connectivity index (χ3v) is 4.97. The number of rotatable bonds is 3. The molecule has 72 valence electrons. The highest BCUT2D eigenvalue weighted by Crippen LogP contribution is 2.22. The van der Waals surface area contributed by atoms with Crippen molar-refractivity contribution >= 4 is 20.6 Å². The van der Waals surface area contributed by atoms with Crippen LogP contribution < -0.4 is 0 Å². The molecule has 0 aromatic heterocycles. The van der Waals surface area contributed by atoms with E-state index in [1.54, 1.807) is 0 Å². The normalized spacial score (nSPS) is 13.2. The van der Waals surface area contributed by atoms with Crippen LogP contribution in [0.5, 0.6) is 0 Å². The van der Waals surface area contributed by atoms with Gasteiger partial charge < -0.3 is 0 Å². The number of aryl methyl sites for hydroxylation is 1. The molecular formula is C10H14OS2. The molecule has 0 bridgehead atoms. The summed E-state index contributed by atoms with van der Waals surface area (Å²) in [5.41, 5.74) is 1.20. The van der Waals surface area contributed by atoms with Gasteiger partial charge >= 0.3 is 0 Å². The standard InChI is InChI=1S/C10H14OS2/c1-8(2)12-13(11)10-6-4-9(3)5-7-10/h4-8H,1-3H3. The highest BCUT2D eigenvalue weighted by molar-refractivity contribution is 8.69. The van der Waals surface area contributed by atoms with Gasteiger partial charge in [0, 0.05) is 10.1 Å². The van der Waals surface area contributed by atoms with E-state index >= 15 is 0 Å². The Labute approximate surface area is 85.8 Å². The lowest BCUT2D eigenvalue weighted by Gasteiger charge is -2.04. The average molecular weight is 214 g/mol. The summed E-state index contributed by atoms with van der Waals surface area (Å²) in [6.45, 7) is 6.13. The summed E-state index contributed by atoms with van der Waals surface area (Å²) in [5.74, 6) is 0. The minimum Gasteiger partial charge on any atom is -0.243 e. The SMILES string of the molecule is Cc1ccc(S(=O)SC(C)C)cc1. The fourth-order valence-electron chi connectivity index (χ4n) is 0.880. The molecule has 0 amide bonds. The topological polar surface area (TPSA) is 17.1 Å². The third-order valence-electron chi connectivity index (χ3n) is 1.49. The number of benzene rings is 1. The molecule has 0 fully saturated rings. The first-order valence-corrected chi connectivity index (χ1v) is 6.80. The fraction of sp³-hybridized carbons (Fsp3) is 0.400. The predicted molar refractivity (Wildman–Crippen MR) is 60.3 cm³/mol. The lowest BCUT2D eigenvalue weighted by molar-refractivity contribution is 0.691. The zero-order valence-corrected chi connectivity index (χ0v) is 9.74. The van der Waals surface area contributed by atoms with E-state index in [4.69, 9.17) is 0 Å². The average Bonchev–Trinajstić information content (AvgIpc) is 2.04. The highest BCUT2D eigenvalue weighted by atomic mass is 33.1. The van der Waals surface area contributed by atoms with E-state index < -0.39 is 9.83 Å². The first-order valence-electron chi connectivity index (χ1n) is 4.25. The largest absolute Gasteiger partial charge is 0.243 e. The molecule has 0 saturated carbocycles. The molecular weight excluding hydrogens is 200 g/mol. The van der Waals surface area contributed by atoms with Gasteiger partial charge in [-0.25, -0.2) is 4.21 Å². The Balaban J connectivity index is 2.72. The Kier molecular flexibility index (Phi) is 4.00. The summed E-state index contributed by atoms with van der Waals surface area (Å²) in [7, 11) is 0.580. The molecule has 0 aliphatic heterocycles. The van der Waals surface area contributed by atoms with Crippen molar-refractivity contribution in [2.24, 2.45) is 0 Å². The zero-order chi connectivity index (χ0) is 9.84. The molecule has 0 heterocycles. The predicted octanol–water partition coefficient (Wildman–Crippen LogP) is 3.16. The van der Waals surface area contributed by atoms with E-state index in [2.05, 4.69) is 13.8 Å². The van der Waals surface area contributed by atoms with Gasteiger partial charge in [-0.05, 0) is 19.1 Å². The molecule has 1 unspecified atom stereocenters. The van der Waals surface area contributed by atoms with Crippen molar-refractivity contribution in [3.8, 4) is 0 Å². The van der Waals surface area contributed by atoms with E-state index in [1.165, 1.54) is 16.4 Å². The Hall–Kier alpha value is -0.280. The van der Waals surface area contributed by atoms with Gasteiger partial charge in [0.2, 0.25) is 0 Å². The molecule has 1 aromatic rings. The summed E-state index contributed by atoms with van der Waals surface area (Å²) in [6, 6.07) is 7.85. The van der Waals surface area contributed by atoms with Gasteiger partial charge in [-0.2, -0.15) is 0 Å². The second kappa shape index (κ2) is 4.82. The Morgan fingerprint density at radius 3 is 2.23 bits per heavy atom. The molecule has 0 aliphatic carbocycles. The highest BCUT2D eigenvalue weighted by Gasteiger charge is 2.06. The van der Waals surface area contributed by atoms with Crippen molar-refractivity contribution in [2.75, 3.05) is 0 Å². The summed E-state index contributed by atoms with van der Waals surface area (Å²) < 4.78 is 11.6. The van der Waals surface area contributed by atoms with Crippen molar-refractivity contribution in [1.82, 2.24) is 0 Å². The van der Waals surface area contributed by atoms with E-state index in [0.717, 1.165) is 4.90 Å². The lowest BCUT2D eigenvalue weighted by Crippen LogP contribution is -1.92.